The second-order valence-electron chi connectivity index (χ2n) is 5.37. The molecule has 0 amide bonds. The van der Waals surface area contributed by atoms with Crippen molar-refractivity contribution in [3.63, 3.8) is 0 Å². The van der Waals surface area contributed by atoms with Gasteiger partial charge in [-0.05, 0) is 44.4 Å². The topological polar surface area (TPSA) is 53.7 Å². The molecule has 118 valence electrons. The quantitative estimate of drug-likeness (QED) is 0.838. The first-order valence-electron chi connectivity index (χ1n) is 7.97. The molecule has 3 unspecified atom stereocenters. The van der Waals surface area contributed by atoms with Gasteiger partial charge in [-0.15, -0.1) is 0 Å². The summed E-state index contributed by atoms with van der Waals surface area (Å²) in [5, 5.41) is 0. The fourth-order valence-electron chi connectivity index (χ4n) is 3.02. The average molecular weight is 293 g/mol. The lowest BCUT2D eigenvalue weighted by molar-refractivity contribution is 0.0813. The fourth-order valence-corrected chi connectivity index (χ4v) is 3.02. The zero-order valence-electron chi connectivity index (χ0n) is 13.3. The van der Waals surface area contributed by atoms with Gasteiger partial charge in [0.2, 0.25) is 0 Å². The van der Waals surface area contributed by atoms with Crippen molar-refractivity contribution in [2.24, 2.45) is 11.7 Å². The Morgan fingerprint density at radius 2 is 1.90 bits per heavy atom. The number of ether oxygens (including phenoxy) is 3. The lowest BCUT2D eigenvalue weighted by Crippen LogP contribution is -2.28. The smallest absolute Gasteiger partial charge is 0.161 e. The molecule has 4 heteroatoms. The predicted octanol–water partition coefficient (Wildman–Crippen LogP) is 3.30. The molecule has 1 heterocycles. The van der Waals surface area contributed by atoms with Crippen LogP contribution in [0.3, 0.4) is 0 Å². The zero-order valence-corrected chi connectivity index (χ0v) is 13.3. The van der Waals surface area contributed by atoms with Crippen LogP contribution in [-0.2, 0) is 4.74 Å². The van der Waals surface area contributed by atoms with Crippen molar-refractivity contribution in [3.05, 3.63) is 23.8 Å². The van der Waals surface area contributed by atoms with Gasteiger partial charge in [-0.3, -0.25) is 0 Å². The van der Waals surface area contributed by atoms with Crippen LogP contribution in [-0.4, -0.2) is 25.9 Å². The molecule has 4 nitrogen and oxygen atoms in total. The van der Waals surface area contributed by atoms with Crippen LogP contribution in [0.15, 0.2) is 18.2 Å². The second kappa shape index (κ2) is 7.66. The molecule has 0 bridgehead atoms. The number of benzene rings is 1. The highest BCUT2D eigenvalue weighted by atomic mass is 16.5. The molecule has 2 rings (SSSR count). The van der Waals surface area contributed by atoms with E-state index in [1.165, 1.54) is 0 Å². The number of nitrogens with two attached hydrogens (primary N) is 1. The highest BCUT2D eigenvalue weighted by Crippen LogP contribution is 2.37. The monoisotopic (exact) mass is 293 g/mol. The van der Waals surface area contributed by atoms with Crippen molar-refractivity contribution in [1.82, 2.24) is 0 Å². The first kappa shape index (κ1) is 16.1. The van der Waals surface area contributed by atoms with Gasteiger partial charge >= 0.3 is 0 Å². The fraction of sp³-hybridized carbons (Fsp3) is 0.647. The second-order valence-corrected chi connectivity index (χ2v) is 5.37. The SMILES string of the molecule is CCOc1ccc(C(N)C2CCOC2CC)cc1OCC. The van der Waals surface area contributed by atoms with Crippen LogP contribution in [0.2, 0.25) is 0 Å². The van der Waals surface area contributed by atoms with E-state index in [1.807, 2.05) is 32.0 Å². The third-order valence-electron chi connectivity index (χ3n) is 4.08. The maximum absolute atomic E-state index is 6.48. The Morgan fingerprint density at radius 1 is 1.19 bits per heavy atom. The number of rotatable bonds is 7. The molecule has 0 spiro atoms. The standard InChI is InChI=1S/C17H27NO3/c1-4-14-13(9-10-21-14)17(18)12-7-8-15(19-5-2)16(11-12)20-6-3/h7-8,11,13-14,17H,4-6,9-10,18H2,1-3H3. The first-order chi connectivity index (χ1) is 10.2. The average Bonchev–Trinajstić information content (AvgIpc) is 2.97. The zero-order chi connectivity index (χ0) is 15.2. The molecular weight excluding hydrogens is 266 g/mol. The molecule has 1 aliphatic rings. The molecule has 1 aromatic carbocycles. The summed E-state index contributed by atoms with van der Waals surface area (Å²) in [7, 11) is 0. The molecule has 21 heavy (non-hydrogen) atoms. The summed E-state index contributed by atoms with van der Waals surface area (Å²) >= 11 is 0. The summed E-state index contributed by atoms with van der Waals surface area (Å²) in [6.45, 7) is 8.14. The van der Waals surface area contributed by atoms with E-state index in [-0.39, 0.29) is 12.1 Å². The predicted molar refractivity (Wildman–Crippen MR) is 83.8 cm³/mol. The van der Waals surface area contributed by atoms with Crippen molar-refractivity contribution in [2.45, 2.75) is 45.8 Å². The summed E-state index contributed by atoms with van der Waals surface area (Å²) in [6.07, 6.45) is 2.30. The molecule has 1 aliphatic heterocycles. The maximum atomic E-state index is 6.48. The van der Waals surface area contributed by atoms with Gasteiger partial charge in [-0.2, -0.15) is 0 Å². The van der Waals surface area contributed by atoms with Gasteiger partial charge in [0.05, 0.1) is 19.3 Å². The van der Waals surface area contributed by atoms with Crippen LogP contribution >= 0.6 is 0 Å². The highest BCUT2D eigenvalue weighted by molar-refractivity contribution is 5.44. The Labute approximate surface area is 127 Å². The van der Waals surface area contributed by atoms with E-state index in [4.69, 9.17) is 19.9 Å². The van der Waals surface area contributed by atoms with E-state index in [0.29, 0.717) is 19.1 Å². The molecule has 2 N–H and O–H groups in total. The number of hydrogen-bond donors (Lipinski definition) is 1. The third kappa shape index (κ3) is 3.69. The van der Waals surface area contributed by atoms with Gasteiger partial charge < -0.3 is 19.9 Å². The Morgan fingerprint density at radius 3 is 2.57 bits per heavy atom. The summed E-state index contributed by atoms with van der Waals surface area (Å²) in [5.41, 5.74) is 7.57. The minimum absolute atomic E-state index is 0.0210. The van der Waals surface area contributed by atoms with Gasteiger partial charge in [0.1, 0.15) is 0 Å². The first-order valence-corrected chi connectivity index (χ1v) is 7.97. The lowest BCUT2D eigenvalue weighted by Gasteiger charge is -2.25. The molecule has 0 aromatic heterocycles. The Bertz CT molecular complexity index is 450. The van der Waals surface area contributed by atoms with E-state index >= 15 is 0 Å². The van der Waals surface area contributed by atoms with Crippen LogP contribution in [0.1, 0.15) is 45.2 Å². The highest BCUT2D eigenvalue weighted by Gasteiger charge is 2.32. The maximum Gasteiger partial charge on any atom is 0.161 e. The summed E-state index contributed by atoms with van der Waals surface area (Å²) in [4.78, 5) is 0. The molecule has 0 radical (unpaired) electrons. The minimum atomic E-state index is -0.0210. The normalized spacial score (nSPS) is 23.0. The van der Waals surface area contributed by atoms with Crippen LogP contribution in [0.25, 0.3) is 0 Å². The van der Waals surface area contributed by atoms with Crippen LogP contribution < -0.4 is 15.2 Å². The van der Waals surface area contributed by atoms with Crippen LogP contribution in [0, 0.1) is 5.92 Å². The Kier molecular flexibility index (Phi) is 5.88. The van der Waals surface area contributed by atoms with Gasteiger partial charge in [0.15, 0.2) is 11.5 Å². The van der Waals surface area contributed by atoms with Gasteiger partial charge in [-0.25, -0.2) is 0 Å². The molecule has 3 atom stereocenters. The van der Waals surface area contributed by atoms with Crippen LogP contribution in [0.5, 0.6) is 11.5 Å². The number of hydrogen-bond acceptors (Lipinski definition) is 4. The molecular formula is C17H27NO3. The van der Waals surface area contributed by atoms with E-state index in [1.54, 1.807) is 0 Å². The molecule has 0 aliphatic carbocycles. The molecule has 0 saturated carbocycles. The summed E-state index contributed by atoms with van der Waals surface area (Å²) < 4.78 is 17.0. The van der Waals surface area contributed by atoms with Gasteiger partial charge in [0.25, 0.3) is 0 Å². The van der Waals surface area contributed by atoms with E-state index in [0.717, 1.165) is 36.5 Å². The van der Waals surface area contributed by atoms with Gasteiger partial charge in [0, 0.05) is 18.6 Å². The van der Waals surface area contributed by atoms with E-state index in [2.05, 4.69) is 6.92 Å². The molecule has 1 fully saturated rings. The van der Waals surface area contributed by atoms with Crippen molar-refractivity contribution in [1.29, 1.82) is 0 Å². The largest absolute Gasteiger partial charge is 0.490 e. The van der Waals surface area contributed by atoms with E-state index in [9.17, 15) is 0 Å². The summed E-state index contributed by atoms with van der Waals surface area (Å²) in [6, 6.07) is 6.00. The van der Waals surface area contributed by atoms with E-state index < -0.39 is 0 Å². The minimum Gasteiger partial charge on any atom is -0.490 e. The van der Waals surface area contributed by atoms with Crippen molar-refractivity contribution < 1.29 is 14.2 Å². The van der Waals surface area contributed by atoms with Crippen LogP contribution in [0.4, 0.5) is 0 Å². The van der Waals surface area contributed by atoms with Crippen molar-refractivity contribution in [2.75, 3.05) is 19.8 Å². The van der Waals surface area contributed by atoms with Crippen molar-refractivity contribution in [3.8, 4) is 11.5 Å². The molecule has 1 aromatic rings. The Balaban J connectivity index is 2.20. The van der Waals surface area contributed by atoms with Gasteiger partial charge in [-0.1, -0.05) is 13.0 Å². The molecule has 1 saturated heterocycles. The van der Waals surface area contributed by atoms with Crippen molar-refractivity contribution >= 4 is 0 Å². The lowest BCUT2D eigenvalue weighted by atomic mass is 9.87. The summed E-state index contributed by atoms with van der Waals surface area (Å²) in [5.74, 6) is 1.94. The Hall–Kier alpha value is -1.26. The third-order valence-corrected chi connectivity index (χ3v) is 4.08.